The lowest BCUT2D eigenvalue weighted by molar-refractivity contribution is -0.128. The van der Waals surface area contributed by atoms with Crippen molar-refractivity contribution < 1.29 is 36.0 Å². The van der Waals surface area contributed by atoms with E-state index in [2.05, 4.69) is 10.3 Å². The number of aromatic nitrogens is 1. The van der Waals surface area contributed by atoms with E-state index in [1.807, 2.05) is 6.07 Å². The number of halogens is 4. The quantitative estimate of drug-likeness (QED) is 0.347. The van der Waals surface area contributed by atoms with Crippen molar-refractivity contribution in [1.82, 2.24) is 10.3 Å². The number of pyridine rings is 1. The summed E-state index contributed by atoms with van der Waals surface area (Å²) in [4.78, 5) is 47.8. The highest BCUT2D eigenvalue weighted by Gasteiger charge is 2.45. The molecule has 2 atom stereocenters. The SMILES string of the molecule is CS(=O)(=O)c1cc(F)cc(N(C(=O)[C@@H]2CCC(=O)N2c2cc(C#N)ccn2)C(C(=O)NC2CCC(F)(F)CC2)c2ccccc2Cl)c1. The van der Waals surface area contributed by atoms with Crippen LogP contribution in [0.4, 0.5) is 24.7 Å². The van der Waals surface area contributed by atoms with Crippen LogP contribution in [0.15, 0.2) is 65.7 Å². The van der Waals surface area contributed by atoms with Crippen LogP contribution in [0.3, 0.4) is 0 Å². The predicted molar refractivity (Wildman–Crippen MR) is 166 cm³/mol. The summed E-state index contributed by atoms with van der Waals surface area (Å²) in [5.41, 5.74) is -0.0948. The minimum Gasteiger partial charge on any atom is -0.351 e. The average molecular weight is 688 g/mol. The maximum absolute atomic E-state index is 15.1. The Bertz CT molecular complexity index is 1880. The van der Waals surface area contributed by atoms with E-state index in [0.717, 1.165) is 34.3 Å². The van der Waals surface area contributed by atoms with Crippen LogP contribution in [-0.4, -0.2) is 55.4 Å². The van der Waals surface area contributed by atoms with Crippen LogP contribution in [-0.2, 0) is 24.2 Å². The topological polar surface area (TPSA) is 141 Å². The second-order valence-electron chi connectivity index (χ2n) is 11.5. The molecule has 2 heterocycles. The highest BCUT2D eigenvalue weighted by molar-refractivity contribution is 7.90. The molecular weight excluding hydrogens is 659 g/mol. The molecule has 0 spiro atoms. The molecule has 2 fully saturated rings. The number of alkyl halides is 2. The first kappa shape index (κ1) is 33.9. The number of anilines is 2. The van der Waals surface area contributed by atoms with E-state index in [9.17, 15) is 36.8 Å². The van der Waals surface area contributed by atoms with Crippen molar-refractivity contribution in [1.29, 1.82) is 5.26 Å². The van der Waals surface area contributed by atoms with Crippen molar-refractivity contribution in [3.05, 3.63) is 82.8 Å². The van der Waals surface area contributed by atoms with Gasteiger partial charge in [-0.2, -0.15) is 5.26 Å². The Morgan fingerprint density at radius 1 is 1.13 bits per heavy atom. The van der Waals surface area contributed by atoms with Crippen molar-refractivity contribution in [2.24, 2.45) is 0 Å². The minimum absolute atomic E-state index is 0.0113. The van der Waals surface area contributed by atoms with E-state index < -0.39 is 75.2 Å². The third-order valence-corrected chi connectivity index (χ3v) is 9.62. The number of rotatable bonds is 8. The Balaban J connectivity index is 1.67. The highest BCUT2D eigenvalue weighted by Crippen LogP contribution is 2.38. The number of hydrogen-bond acceptors (Lipinski definition) is 7. The molecule has 1 aliphatic heterocycles. The Morgan fingerprint density at radius 3 is 2.49 bits per heavy atom. The number of nitrogens with zero attached hydrogens (tertiary/aromatic N) is 4. The van der Waals surface area contributed by atoms with Gasteiger partial charge in [-0.15, -0.1) is 0 Å². The second-order valence-corrected chi connectivity index (χ2v) is 13.9. The van der Waals surface area contributed by atoms with Gasteiger partial charge in [-0.05, 0) is 55.7 Å². The number of sulfone groups is 1. The van der Waals surface area contributed by atoms with E-state index in [-0.39, 0.29) is 53.3 Å². The Hall–Kier alpha value is -4.48. The maximum Gasteiger partial charge on any atom is 0.251 e. The van der Waals surface area contributed by atoms with Gasteiger partial charge in [-0.3, -0.25) is 24.2 Å². The summed E-state index contributed by atoms with van der Waals surface area (Å²) in [6, 6.07) is 9.69. The molecule has 0 radical (unpaired) electrons. The molecule has 1 saturated heterocycles. The number of amides is 3. The minimum atomic E-state index is -4.03. The summed E-state index contributed by atoms with van der Waals surface area (Å²) in [5, 5.41) is 12.2. The lowest BCUT2D eigenvalue weighted by Gasteiger charge is -2.37. The number of hydrogen-bond donors (Lipinski definition) is 1. The van der Waals surface area contributed by atoms with Gasteiger partial charge in [0.2, 0.25) is 17.7 Å². The number of carbonyl (C=O) groups excluding carboxylic acids is 3. The maximum atomic E-state index is 15.1. The number of nitriles is 1. The van der Waals surface area contributed by atoms with Gasteiger partial charge in [-0.25, -0.2) is 26.6 Å². The first-order valence-electron chi connectivity index (χ1n) is 14.6. The predicted octanol–water partition coefficient (Wildman–Crippen LogP) is 5.11. The summed E-state index contributed by atoms with van der Waals surface area (Å²) < 4.78 is 68.1. The van der Waals surface area contributed by atoms with Crippen LogP contribution in [0.5, 0.6) is 0 Å². The van der Waals surface area contributed by atoms with Crippen LogP contribution >= 0.6 is 11.6 Å². The molecule has 1 aliphatic carbocycles. The molecule has 0 bridgehead atoms. The zero-order chi connectivity index (χ0) is 34.1. The van der Waals surface area contributed by atoms with Crippen molar-refractivity contribution in [2.75, 3.05) is 16.1 Å². The van der Waals surface area contributed by atoms with Crippen LogP contribution in [0, 0.1) is 17.1 Å². The molecule has 246 valence electrons. The fourth-order valence-corrected chi connectivity index (χ4v) is 6.75. The zero-order valence-corrected chi connectivity index (χ0v) is 26.6. The molecule has 1 saturated carbocycles. The largest absolute Gasteiger partial charge is 0.351 e. The number of carbonyl (C=O) groups is 3. The van der Waals surface area contributed by atoms with Crippen molar-refractivity contribution in [3.8, 4) is 6.07 Å². The number of nitrogens with one attached hydrogen (secondary N) is 1. The van der Waals surface area contributed by atoms with Crippen molar-refractivity contribution in [3.63, 3.8) is 0 Å². The van der Waals surface area contributed by atoms with E-state index in [0.29, 0.717) is 0 Å². The van der Waals surface area contributed by atoms with E-state index in [1.165, 1.54) is 30.5 Å². The average Bonchev–Trinajstić information content (AvgIpc) is 3.41. The standard InChI is InChI=1S/C32H29ClF3N5O5S/c1-47(45,46)23-16-20(34)15-22(17-23)40(31(44)26-6-7-28(42)41(26)27-14-19(18-37)10-13-38-27)29(24-4-2-3-5-25(24)33)30(43)39-21-8-11-32(35,36)12-9-21/h2-5,10,13-17,21,26,29H,6-9,11-12H2,1H3,(H,39,43)/t26-,29?/m0/s1. The normalized spacial score (nSPS) is 18.8. The molecule has 1 unspecified atom stereocenters. The summed E-state index contributed by atoms with van der Waals surface area (Å²) in [5.74, 6) is -6.18. The van der Waals surface area contributed by atoms with Gasteiger partial charge in [0.1, 0.15) is 23.7 Å². The lowest BCUT2D eigenvalue weighted by Crippen LogP contribution is -2.53. The summed E-state index contributed by atoms with van der Waals surface area (Å²) in [7, 11) is -4.03. The molecule has 5 rings (SSSR count). The molecule has 3 aromatic rings. The fourth-order valence-electron chi connectivity index (χ4n) is 5.85. The van der Waals surface area contributed by atoms with Gasteiger partial charge in [0, 0.05) is 54.0 Å². The second kappa shape index (κ2) is 13.3. The molecule has 2 aliphatic rings. The van der Waals surface area contributed by atoms with Gasteiger partial charge in [0.15, 0.2) is 9.84 Å². The van der Waals surface area contributed by atoms with Crippen LogP contribution in [0.25, 0.3) is 0 Å². The van der Waals surface area contributed by atoms with Crippen LogP contribution in [0.2, 0.25) is 5.02 Å². The fraction of sp³-hybridized carbons (Fsp3) is 0.344. The van der Waals surface area contributed by atoms with Crippen molar-refractivity contribution >= 4 is 50.7 Å². The summed E-state index contributed by atoms with van der Waals surface area (Å²) in [6.07, 6.45) is 0.935. The van der Waals surface area contributed by atoms with Crippen LogP contribution < -0.4 is 15.1 Å². The van der Waals surface area contributed by atoms with Gasteiger partial charge in [0.25, 0.3) is 5.91 Å². The Kier molecular flexibility index (Phi) is 9.60. The van der Waals surface area contributed by atoms with E-state index >= 15 is 4.39 Å². The molecule has 1 N–H and O–H groups in total. The molecule has 47 heavy (non-hydrogen) atoms. The van der Waals surface area contributed by atoms with Gasteiger partial charge >= 0.3 is 0 Å². The highest BCUT2D eigenvalue weighted by atomic mass is 35.5. The smallest absolute Gasteiger partial charge is 0.251 e. The zero-order valence-electron chi connectivity index (χ0n) is 25.0. The van der Waals surface area contributed by atoms with Gasteiger partial charge in [0.05, 0.1) is 16.5 Å². The third kappa shape index (κ3) is 7.41. The Morgan fingerprint density at radius 2 is 1.83 bits per heavy atom. The summed E-state index contributed by atoms with van der Waals surface area (Å²) in [6.45, 7) is 0. The molecule has 3 amide bonds. The molecular formula is C32H29ClF3N5O5S. The van der Waals surface area contributed by atoms with E-state index in [4.69, 9.17) is 11.6 Å². The van der Waals surface area contributed by atoms with Crippen molar-refractivity contribution in [2.45, 2.75) is 67.5 Å². The molecule has 2 aromatic carbocycles. The monoisotopic (exact) mass is 687 g/mol. The molecule has 10 nitrogen and oxygen atoms in total. The van der Waals surface area contributed by atoms with Gasteiger partial charge in [-0.1, -0.05) is 29.8 Å². The molecule has 1 aromatic heterocycles. The molecule has 15 heteroatoms. The lowest BCUT2D eigenvalue weighted by atomic mass is 9.91. The third-order valence-electron chi connectivity index (χ3n) is 8.19. The van der Waals surface area contributed by atoms with Gasteiger partial charge < -0.3 is 5.32 Å². The summed E-state index contributed by atoms with van der Waals surface area (Å²) >= 11 is 6.56. The number of benzene rings is 2. The van der Waals surface area contributed by atoms with Crippen LogP contribution in [0.1, 0.15) is 55.7 Å². The first-order valence-corrected chi connectivity index (χ1v) is 16.9. The first-order chi connectivity index (χ1) is 22.2. The van der Waals surface area contributed by atoms with E-state index in [1.54, 1.807) is 12.1 Å². The Labute approximate surface area is 274 Å².